The minimum Gasteiger partial charge on any atom is -0.507 e. The van der Waals surface area contributed by atoms with E-state index in [2.05, 4.69) is 27.2 Å². The maximum absolute atomic E-state index is 10.1. The topological polar surface area (TPSA) is 91.2 Å². The Labute approximate surface area is 146 Å². The molecule has 0 aliphatic carbocycles. The number of aromatic nitrogens is 3. The van der Waals surface area contributed by atoms with Crippen LogP contribution < -0.4 is 5.32 Å². The SMILES string of the molecule is CCCCNc1nc(-c2ccccc2O)nc(-c2ccccc2O)n1. The van der Waals surface area contributed by atoms with Gasteiger partial charge in [0.15, 0.2) is 11.6 Å². The maximum Gasteiger partial charge on any atom is 0.226 e. The van der Waals surface area contributed by atoms with Crippen molar-refractivity contribution in [3.05, 3.63) is 48.5 Å². The Bertz CT molecular complexity index is 804. The van der Waals surface area contributed by atoms with E-state index in [1.807, 2.05) is 12.1 Å². The van der Waals surface area contributed by atoms with E-state index in [4.69, 9.17) is 0 Å². The van der Waals surface area contributed by atoms with Crippen molar-refractivity contribution in [3.63, 3.8) is 0 Å². The van der Waals surface area contributed by atoms with Gasteiger partial charge in [-0.3, -0.25) is 0 Å². The van der Waals surface area contributed by atoms with Crippen LogP contribution in [-0.2, 0) is 0 Å². The van der Waals surface area contributed by atoms with Crippen LogP contribution in [0.25, 0.3) is 22.8 Å². The number of unbranched alkanes of at least 4 members (excludes halogenated alkanes) is 1. The molecule has 3 N–H and O–H groups in total. The van der Waals surface area contributed by atoms with Gasteiger partial charge in [-0.1, -0.05) is 37.6 Å². The number of rotatable bonds is 6. The fraction of sp³-hybridized carbons (Fsp3) is 0.211. The zero-order valence-corrected chi connectivity index (χ0v) is 14.0. The van der Waals surface area contributed by atoms with Gasteiger partial charge >= 0.3 is 0 Å². The van der Waals surface area contributed by atoms with Crippen LogP contribution in [-0.4, -0.2) is 31.7 Å². The average molecular weight is 336 g/mol. The van der Waals surface area contributed by atoms with Crippen LogP contribution in [0, 0.1) is 0 Å². The predicted molar refractivity (Wildman–Crippen MR) is 97.4 cm³/mol. The average Bonchev–Trinajstić information content (AvgIpc) is 2.62. The summed E-state index contributed by atoms with van der Waals surface area (Å²) in [7, 11) is 0. The summed E-state index contributed by atoms with van der Waals surface area (Å²) >= 11 is 0. The molecule has 1 heterocycles. The Morgan fingerprint density at radius 2 is 1.32 bits per heavy atom. The van der Waals surface area contributed by atoms with Crippen LogP contribution >= 0.6 is 0 Å². The standard InChI is InChI=1S/C19H20N4O2/c1-2-3-12-20-19-22-17(13-8-4-6-10-15(13)24)21-18(23-19)14-9-5-7-11-16(14)25/h4-11,24-25H,2-3,12H2,1H3,(H,20,21,22,23). The van der Waals surface area contributed by atoms with Crippen LogP contribution in [0.4, 0.5) is 5.95 Å². The zero-order chi connectivity index (χ0) is 17.6. The first-order valence-corrected chi connectivity index (χ1v) is 8.25. The van der Waals surface area contributed by atoms with Crippen molar-refractivity contribution in [3.8, 4) is 34.3 Å². The van der Waals surface area contributed by atoms with E-state index in [-0.39, 0.29) is 11.5 Å². The molecule has 0 atom stereocenters. The van der Waals surface area contributed by atoms with Crippen LogP contribution in [0.3, 0.4) is 0 Å². The molecular formula is C19H20N4O2. The van der Waals surface area contributed by atoms with E-state index in [1.54, 1.807) is 36.4 Å². The van der Waals surface area contributed by atoms with Crippen molar-refractivity contribution in [1.82, 2.24) is 15.0 Å². The largest absolute Gasteiger partial charge is 0.507 e. The van der Waals surface area contributed by atoms with E-state index in [9.17, 15) is 10.2 Å². The molecule has 0 spiro atoms. The van der Waals surface area contributed by atoms with Crippen LogP contribution in [0.15, 0.2) is 48.5 Å². The highest BCUT2D eigenvalue weighted by molar-refractivity contribution is 5.69. The minimum atomic E-state index is 0.0939. The first kappa shape index (κ1) is 16.7. The number of nitrogens with one attached hydrogen (secondary N) is 1. The summed E-state index contributed by atoms with van der Waals surface area (Å²) in [5.74, 6) is 1.31. The van der Waals surface area contributed by atoms with Gasteiger partial charge in [0.05, 0.1) is 11.1 Å². The van der Waals surface area contributed by atoms with Gasteiger partial charge in [0, 0.05) is 6.54 Å². The summed E-state index contributed by atoms with van der Waals surface area (Å²) in [5.41, 5.74) is 1.03. The molecular weight excluding hydrogens is 316 g/mol. The van der Waals surface area contributed by atoms with Gasteiger partial charge in [0.2, 0.25) is 5.95 Å². The molecule has 3 rings (SSSR count). The molecule has 0 fully saturated rings. The third-order valence-electron chi connectivity index (χ3n) is 3.74. The van der Waals surface area contributed by atoms with Gasteiger partial charge in [-0.15, -0.1) is 0 Å². The second kappa shape index (κ2) is 7.61. The lowest BCUT2D eigenvalue weighted by Crippen LogP contribution is -2.08. The quantitative estimate of drug-likeness (QED) is 0.593. The number of aromatic hydroxyl groups is 2. The second-order valence-electron chi connectivity index (χ2n) is 5.62. The minimum absolute atomic E-state index is 0.0939. The fourth-order valence-corrected chi connectivity index (χ4v) is 2.40. The molecule has 6 nitrogen and oxygen atoms in total. The van der Waals surface area contributed by atoms with Crippen LogP contribution in [0.5, 0.6) is 11.5 Å². The molecule has 0 amide bonds. The van der Waals surface area contributed by atoms with E-state index in [1.165, 1.54) is 0 Å². The number of benzene rings is 2. The second-order valence-corrected chi connectivity index (χ2v) is 5.62. The molecule has 0 saturated heterocycles. The van der Waals surface area contributed by atoms with Gasteiger partial charge in [-0.05, 0) is 30.7 Å². The molecule has 3 aromatic rings. The number of hydrogen-bond donors (Lipinski definition) is 3. The molecule has 25 heavy (non-hydrogen) atoms. The van der Waals surface area contributed by atoms with Gasteiger partial charge in [-0.25, -0.2) is 4.98 Å². The molecule has 2 aromatic carbocycles. The van der Waals surface area contributed by atoms with Crippen molar-refractivity contribution in [1.29, 1.82) is 0 Å². The predicted octanol–water partition coefficient (Wildman–Crippen LogP) is 3.83. The molecule has 0 radical (unpaired) electrons. The summed E-state index contributed by atoms with van der Waals surface area (Å²) in [6, 6.07) is 13.8. The van der Waals surface area contributed by atoms with Crippen molar-refractivity contribution in [2.45, 2.75) is 19.8 Å². The van der Waals surface area contributed by atoms with Crippen LogP contribution in [0.2, 0.25) is 0 Å². The first-order chi connectivity index (χ1) is 12.2. The number of hydrogen-bond acceptors (Lipinski definition) is 6. The van der Waals surface area contributed by atoms with E-state index < -0.39 is 0 Å². The number of phenols is 2. The summed E-state index contributed by atoms with van der Waals surface area (Å²) in [6.45, 7) is 2.84. The van der Waals surface area contributed by atoms with E-state index >= 15 is 0 Å². The highest BCUT2D eigenvalue weighted by atomic mass is 16.3. The normalized spacial score (nSPS) is 10.6. The van der Waals surface area contributed by atoms with Gasteiger partial charge < -0.3 is 15.5 Å². The number of anilines is 1. The number of nitrogens with zero attached hydrogens (tertiary/aromatic N) is 3. The first-order valence-electron chi connectivity index (χ1n) is 8.25. The highest BCUT2D eigenvalue weighted by Crippen LogP contribution is 2.30. The molecule has 0 unspecified atom stereocenters. The highest BCUT2D eigenvalue weighted by Gasteiger charge is 2.14. The third kappa shape index (κ3) is 3.85. The number of phenolic OH excluding ortho intramolecular Hbond substituents is 2. The molecule has 0 aliphatic rings. The van der Waals surface area contributed by atoms with Gasteiger partial charge in [0.1, 0.15) is 11.5 Å². The molecule has 1 aromatic heterocycles. The zero-order valence-electron chi connectivity index (χ0n) is 14.0. The Kier molecular flexibility index (Phi) is 5.09. The fourth-order valence-electron chi connectivity index (χ4n) is 2.40. The summed E-state index contributed by atoms with van der Waals surface area (Å²) in [5, 5.41) is 23.4. The maximum atomic E-state index is 10.1. The summed E-state index contributed by atoms with van der Waals surface area (Å²) < 4.78 is 0. The number of para-hydroxylation sites is 2. The third-order valence-corrected chi connectivity index (χ3v) is 3.74. The Hall–Kier alpha value is -3.15. The molecule has 0 saturated carbocycles. The lowest BCUT2D eigenvalue weighted by Gasteiger charge is -2.10. The van der Waals surface area contributed by atoms with Crippen molar-refractivity contribution in [2.75, 3.05) is 11.9 Å². The smallest absolute Gasteiger partial charge is 0.226 e. The summed E-state index contributed by atoms with van der Waals surface area (Å²) in [4.78, 5) is 13.3. The molecule has 0 bridgehead atoms. The van der Waals surface area contributed by atoms with E-state index in [0.717, 1.165) is 19.4 Å². The molecule has 128 valence electrons. The van der Waals surface area contributed by atoms with Crippen molar-refractivity contribution >= 4 is 5.95 Å². The van der Waals surface area contributed by atoms with Crippen molar-refractivity contribution in [2.24, 2.45) is 0 Å². The Morgan fingerprint density at radius 3 is 1.80 bits per heavy atom. The van der Waals surface area contributed by atoms with Gasteiger partial charge in [0.25, 0.3) is 0 Å². The van der Waals surface area contributed by atoms with Gasteiger partial charge in [-0.2, -0.15) is 9.97 Å². The summed E-state index contributed by atoms with van der Waals surface area (Å²) in [6.07, 6.45) is 2.04. The Morgan fingerprint density at radius 1 is 0.800 bits per heavy atom. The molecule has 0 aliphatic heterocycles. The Balaban J connectivity index is 2.09. The lowest BCUT2D eigenvalue weighted by molar-refractivity contribution is 0.477. The molecule has 6 heteroatoms. The lowest BCUT2D eigenvalue weighted by atomic mass is 10.1. The van der Waals surface area contributed by atoms with Crippen LogP contribution in [0.1, 0.15) is 19.8 Å². The van der Waals surface area contributed by atoms with Crippen molar-refractivity contribution < 1.29 is 10.2 Å². The monoisotopic (exact) mass is 336 g/mol. The van der Waals surface area contributed by atoms with E-state index in [0.29, 0.717) is 28.7 Å².